The molecule has 2 nitrogen and oxygen atoms in total. The van der Waals surface area contributed by atoms with E-state index in [2.05, 4.69) is 0 Å². The second-order valence-electron chi connectivity index (χ2n) is 4.07. The Morgan fingerprint density at radius 1 is 1.00 bits per heavy atom. The number of fused-ring (bicyclic) bond motifs is 3. The van der Waals surface area contributed by atoms with Crippen LogP contribution in [0.4, 0.5) is 4.39 Å². The molecule has 0 aliphatic rings. The van der Waals surface area contributed by atoms with Gasteiger partial charge in [0, 0.05) is 23.9 Å². The van der Waals surface area contributed by atoms with Crippen LogP contribution in [0.25, 0.3) is 21.7 Å². The van der Waals surface area contributed by atoms with Crippen LogP contribution in [0.15, 0.2) is 47.3 Å². The van der Waals surface area contributed by atoms with Crippen molar-refractivity contribution in [1.29, 1.82) is 0 Å². The van der Waals surface area contributed by atoms with Gasteiger partial charge in [0.2, 0.25) is 0 Å². The summed E-state index contributed by atoms with van der Waals surface area (Å²) in [6, 6.07) is 12.0. The molecule has 3 heteroatoms. The van der Waals surface area contributed by atoms with Crippen molar-refractivity contribution < 1.29 is 4.39 Å². The average molecular weight is 227 g/mol. The topological polar surface area (TPSA) is 22.0 Å². The van der Waals surface area contributed by atoms with Gasteiger partial charge in [-0.3, -0.25) is 4.79 Å². The van der Waals surface area contributed by atoms with E-state index in [1.54, 1.807) is 25.2 Å². The number of rotatable bonds is 0. The fraction of sp³-hybridized carbons (Fsp3) is 0.0714. The standard InChI is InChI=1S/C14H10FNO/c1-16-13-8-12(15)10-5-3-2-4-9(10)11(13)6-7-14(16)17/h2-8H,1H3. The summed E-state index contributed by atoms with van der Waals surface area (Å²) < 4.78 is 15.4. The first-order valence-electron chi connectivity index (χ1n) is 5.35. The number of pyridine rings is 1. The lowest BCUT2D eigenvalue weighted by Gasteiger charge is -2.08. The number of hydrogen-bond donors (Lipinski definition) is 0. The van der Waals surface area contributed by atoms with E-state index in [0.29, 0.717) is 10.9 Å². The SMILES string of the molecule is Cn1c(=O)ccc2c3ccccc3c(F)cc21. The number of aryl methyl sites for hydroxylation is 1. The van der Waals surface area contributed by atoms with Crippen molar-refractivity contribution in [1.82, 2.24) is 4.57 Å². The van der Waals surface area contributed by atoms with Crippen LogP contribution in [0, 0.1) is 5.82 Å². The summed E-state index contributed by atoms with van der Waals surface area (Å²) in [5.41, 5.74) is 0.487. The van der Waals surface area contributed by atoms with Gasteiger partial charge >= 0.3 is 0 Å². The van der Waals surface area contributed by atoms with Crippen molar-refractivity contribution in [3.8, 4) is 0 Å². The van der Waals surface area contributed by atoms with Gasteiger partial charge < -0.3 is 4.57 Å². The lowest BCUT2D eigenvalue weighted by molar-refractivity contribution is 0.640. The second-order valence-corrected chi connectivity index (χ2v) is 4.07. The quantitative estimate of drug-likeness (QED) is 0.541. The molecule has 84 valence electrons. The van der Waals surface area contributed by atoms with Gasteiger partial charge in [0.1, 0.15) is 5.82 Å². The highest BCUT2D eigenvalue weighted by Gasteiger charge is 2.07. The number of nitrogens with zero attached hydrogens (tertiary/aromatic N) is 1. The Hall–Kier alpha value is -2.16. The van der Waals surface area contributed by atoms with Crippen molar-refractivity contribution in [2.75, 3.05) is 0 Å². The highest BCUT2D eigenvalue weighted by molar-refractivity contribution is 6.06. The molecule has 0 fully saturated rings. The zero-order valence-corrected chi connectivity index (χ0v) is 9.27. The van der Waals surface area contributed by atoms with Crippen LogP contribution >= 0.6 is 0 Å². The molecule has 0 saturated carbocycles. The molecule has 3 rings (SSSR count). The van der Waals surface area contributed by atoms with Crippen molar-refractivity contribution in [3.05, 3.63) is 58.6 Å². The third kappa shape index (κ3) is 1.35. The van der Waals surface area contributed by atoms with Gasteiger partial charge in [-0.15, -0.1) is 0 Å². The molecule has 0 aliphatic heterocycles. The van der Waals surface area contributed by atoms with Crippen LogP contribution in [-0.4, -0.2) is 4.57 Å². The summed E-state index contributed by atoms with van der Waals surface area (Å²) in [7, 11) is 1.65. The molecule has 0 amide bonds. The smallest absolute Gasteiger partial charge is 0.250 e. The second kappa shape index (κ2) is 3.42. The van der Waals surface area contributed by atoms with Crippen molar-refractivity contribution in [2.45, 2.75) is 0 Å². The van der Waals surface area contributed by atoms with E-state index >= 15 is 0 Å². The van der Waals surface area contributed by atoms with E-state index in [1.165, 1.54) is 16.7 Å². The molecule has 0 atom stereocenters. The highest BCUT2D eigenvalue weighted by atomic mass is 19.1. The van der Waals surface area contributed by atoms with E-state index in [-0.39, 0.29) is 11.4 Å². The molecule has 0 saturated heterocycles. The van der Waals surface area contributed by atoms with Crippen LogP contribution in [0.2, 0.25) is 0 Å². The third-order valence-electron chi connectivity index (χ3n) is 3.10. The Morgan fingerprint density at radius 2 is 1.71 bits per heavy atom. The van der Waals surface area contributed by atoms with Gasteiger partial charge in [-0.25, -0.2) is 4.39 Å². The molecular formula is C14H10FNO. The Morgan fingerprint density at radius 3 is 2.47 bits per heavy atom. The van der Waals surface area contributed by atoms with Crippen molar-refractivity contribution in [3.63, 3.8) is 0 Å². The van der Waals surface area contributed by atoms with Gasteiger partial charge in [-0.1, -0.05) is 24.3 Å². The Balaban J connectivity index is 2.67. The molecule has 0 aliphatic carbocycles. The molecular weight excluding hydrogens is 217 g/mol. The lowest BCUT2D eigenvalue weighted by atomic mass is 10.0. The van der Waals surface area contributed by atoms with Crippen LogP contribution < -0.4 is 5.56 Å². The first-order valence-corrected chi connectivity index (χ1v) is 5.35. The van der Waals surface area contributed by atoms with Crippen LogP contribution in [-0.2, 0) is 7.05 Å². The molecule has 0 N–H and O–H groups in total. The predicted molar refractivity (Wildman–Crippen MR) is 66.7 cm³/mol. The minimum Gasteiger partial charge on any atom is -0.311 e. The molecule has 0 radical (unpaired) electrons. The third-order valence-corrected chi connectivity index (χ3v) is 3.10. The van der Waals surface area contributed by atoms with Gasteiger partial charge in [-0.2, -0.15) is 0 Å². The summed E-state index contributed by atoms with van der Waals surface area (Å²) in [5, 5.41) is 2.31. The van der Waals surface area contributed by atoms with Gasteiger partial charge in [-0.05, 0) is 17.5 Å². The summed E-state index contributed by atoms with van der Waals surface area (Å²) in [6.07, 6.45) is 0. The Labute approximate surface area is 96.9 Å². The Bertz CT molecular complexity index is 789. The minimum atomic E-state index is -0.297. The summed E-state index contributed by atoms with van der Waals surface area (Å²) >= 11 is 0. The van der Waals surface area contributed by atoms with Crippen LogP contribution in [0.5, 0.6) is 0 Å². The fourth-order valence-electron chi connectivity index (χ4n) is 2.18. The lowest BCUT2D eigenvalue weighted by Crippen LogP contribution is -2.15. The maximum absolute atomic E-state index is 13.9. The molecule has 1 heterocycles. The number of aromatic nitrogens is 1. The van der Waals surface area contributed by atoms with Crippen molar-refractivity contribution in [2.24, 2.45) is 7.05 Å². The van der Waals surface area contributed by atoms with E-state index in [4.69, 9.17) is 0 Å². The Kier molecular flexibility index (Phi) is 2.01. The first-order chi connectivity index (χ1) is 8.18. The molecule has 17 heavy (non-hydrogen) atoms. The van der Waals surface area contributed by atoms with E-state index in [0.717, 1.165) is 10.8 Å². The van der Waals surface area contributed by atoms with E-state index in [1.807, 2.05) is 12.1 Å². The van der Waals surface area contributed by atoms with Gasteiger partial charge in [0.25, 0.3) is 5.56 Å². The van der Waals surface area contributed by atoms with Crippen molar-refractivity contribution >= 4 is 21.7 Å². The molecule has 2 aromatic carbocycles. The summed E-state index contributed by atoms with van der Waals surface area (Å²) in [6.45, 7) is 0. The number of hydrogen-bond acceptors (Lipinski definition) is 1. The molecule has 0 spiro atoms. The average Bonchev–Trinajstić information content (AvgIpc) is 2.35. The largest absolute Gasteiger partial charge is 0.311 e. The summed E-state index contributed by atoms with van der Waals surface area (Å²) in [4.78, 5) is 11.5. The zero-order chi connectivity index (χ0) is 12.0. The van der Waals surface area contributed by atoms with Gasteiger partial charge in [0.05, 0.1) is 5.52 Å². The van der Waals surface area contributed by atoms with Gasteiger partial charge in [0.15, 0.2) is 0 Å². The summed E-state index contributed by atoms with van der Waals surface area (Å²) in [5.74, 6) is -0.297. The fourth-order valence-corrected chi connectivity index (χ4v) is 2.18. The molecule has 3 aromatic rings. The maximum Gasteiger partial charge on any atom is 0.250 e. The monoisotopic (exact) mass is 227 g/mol. The first kappa shape index (κ1) is 10.0. The normalized spacial score (nSPS) is 11.2. The number of halogens is 1. The minimum absolute atomic E-state index is 0.132. The molecule has 0 bridgehead atoms. The van der Waals surface area contributed by atoms with E-state index < -0.39 is 0 Å². The predicted octanol–water partition coefficient (Wildman–Crippen LogP) is 2.83. The highest BCUT2D eigenvalue weighted by Crippen LogP contribution is 2.26. The molecule has 0 unspecified atom stereocenters. The zero-order valence-electron chi connectivity index (χ0n) is 9.27. The molecule has 1 aromatic heterocycles. The number of benzene rings is 2. The van der Waals surface area contributed by atoms with Crippen LogP contribution in [0.1, 0.15) is 0 Å². The maximum atomic E-state index is 13.9. The van der Waals surface area contributed by atoms with Crippen LogP contribution in [0.3, 0.4) is 0 Å². The van der Waals surface area contributed by atoms with E-state index in [9.17, 15) is 9.18 Å².